The van der Waals surface area contributed by atoms with Crippen molar-refractivity contribution in [3.8, 4) is 0 Å². The van der Waals surface area contributed by atoms with Gasteiger partial charge < -0.3 is 10.0 Å². The molecule has 0 fully saturated rings. The number of rotatable bonds is 4. The number of aromatic carboxylic acids is 1. The first-order valence-corrected chi connectivity index (χ1v) is 5.76. The summed E-state index contributed by atoms with van der Waals surface area (Å²) in [6, 6.07) is 3.06. The number of carboxylic acids is 1. The summed E-state index contributed by atoms with van der Waals surface area (Å²) in [5.74, 6) is -0.464. The van der Waals surface area contributed by atoms with Crippen molar-refractivity contribution in [1.29, 1.82) is 0 Å². The third kappa shape index (κ3) is 2.76. The van der Waals surface area contributed by atoms with E-state index < -0.39 is 5.97 Å². The predicted octanol–water partition coefficient (Wildman–Crippen LogP) is 1.27. The zero-order valence-electron chi connectivity index (χ0n) is 9.07. The van der Waals surface area contributed by atoms with Gasteiger partial charge >= 0.3 is 5.97 Å². The normalized spacial score (nSPS) is 10.2. The average molecular weight is 250 g/mol. The highest BCUT2D eigenvalue weighted by Gasteiger charge is 2.08. The lowest BCUT2D eigenvalue weighted by Crippen LogP contribution is -2.18. The Morgan fingerprint density at radius 2 is 2.29 bits per heavy atom. The molecule has 7 heteroatoms. The van der Waals surface area contributed by atoms with Crippen LogP contribution in [0.4, 0.5) is 5.82 Å². The summed E-state index contributed by atoms with van der Waals surface area (Å²) >= 11 is 1.53. The Hall–Kier alpha value is -2.02. The zero-order chi connectivity index (χ0) is 12.3. The van der Waals surface area contributed by atoms with Gasteiger partial charge in [-0.05, 0) is 12.1 Å². The molecule has 0 bridgehead atoms. The van der Waals surface area contributed by atoms with Crippen molar-refractivity contribution < 1.29 is 9.90 Å². The zero-order valence-corrected chi connectivity index (χ0v) is 9.89. The quantitative estimate of drug-likeness (QED) is 0.880. The van der Waals surface area contributed by atoms with E-state index in [1.165, 1.54) is 17.4 Å². The van der Waals surface area contributed by atoms with E-state index in [-0.39, 0.29) is 5.69 Å². The Balaban J connectivity index is 2.09. The first-order valence-electron chi connectivity index (χ1n) is 4.82. The lowest BCUT2D eigenvalue weighted by atomic mass is 10.3. The van der Waals surface area contributed by atoms with Gasteiger partial charge in [-0.1, -0.05) is 0 Å². The summed E-state index contributed by atoms with van der Waals surface area (Å²) in [4.78, 5) is 16.6. The van der Waals surface area contributed by atoms with Crippen LogP contribution in [-0.2, 0) is 6.54 Å². The van der Waals surface area contributed by atoms with E-state index in [0.29, 0.717) is 12.4 Å². The second-order valence-corrected chi connectivity index (χ2v) is 4.14. The average Bonchev–Trinajstić information content (AvgIpc) is 2.82. The highest BCUT2D eigenvalue weighted by atomic mass is 32.1. The van der Waals surface area contributed by atoms with Crippen molar-refractivity contribution >= 4 is 23.1 Å². The molecule has 2 heterocycles. The van der Waals surface area contributed by atoms with Crippen molar-refractivity contribution in [3.05, 3.63) is 34.4 Å². The molecule has 0 aliphatic carbocycles. The molecule has 0 saturated heterocycles. The van der Waals surface area contributed by atoms with Gasteiger partial charge in [0.1, 0.15) is 0 Å². The first-order chi connectivity index (χ1) is 8.16. The maximum absolute atomic E-state index is 10.6. The van der Waals surface area contributed by atoms with Gasteiger partial charge in [-0.2, -0.15) is 0 Å². The van der Waals surface area contributed by atoms with E-state index in [9.17, 15) is 4.79 Å². The van der Waals surface area contributed by atoms with Crippen LogP contribution in [0, 0.1) is 0 Å². The minimum Gasteiger partial charge on any atom is -0.476 e. The largest absolute Gasteiger partial charge is 0.476 e. The number of carboxylic acid groups (broad SMARTS) is 1. The molecule has 2 rings (SSSR count). The molecule has 2 aromatic rings. The Labute approximate surface area is 102 Å². The molecule has 6 nitrogen and oxygen atoms in total. The van der Waals surface area contributed by atoms with E-state index in [1.807, 2.05) is 17.3 Å². The van der Waals surface area contributed by atoms with E-state index in [4.69, 9.17) is 5.11 Å². The fourth-order valence-electron chi connectivity index (χ4n) is 1.28. The smallest absolute Gasteiger partial charge is 0.356 e. The fraction of sp³-hybridized carbons (Fsp3) is 0.200. The van der Waals surface area contributed by atoms with Crippen molar-refractivity contribution in [2.75, 3.05) is 11.9 Å². The van der Waals surface area contributed by atoms with Crippen LogP contribution in [-0.4, -0.2) is 33.3 Å². The van der Waals surface area contributed by atoms with Crippen LogP contribution < -0.4 is 4.90 Å². The molecule has 0 radical (unpaired) electrons. The van der Waals surface area contributed by atoms with Gasteiger partial charge in [0.2, 0.25) is 0 Å². The number of aromatic nitrogens is 3. The van der Waals surface area contributed by atoms with Gasteiger partial charge in [-0.25, -0.2) is 9.78 Å². The summed E-state index contributed by atoms with van der Waals surface area (Å²) in [5, 5.41) is 18.1. The molecule has 17 heavy (non-hydrogen) atoms. The van der Waals surface area contributed by atoms with Crippen LogP contribution >= 0.6 is 11.3 Å². The highest BCUT2D eigenvalue weighted by Crippen LogP contribution is 2.11. The molecule has 1 N–H and O–H groups in total. The van der Waals surface area contributed by atoms with Gasteiger partial charge in [0.25, 0.3) is 0 Å². The van der Waals surface area contributed by atoms with Crippen molar-refractivity contribution in [1.82, 2.24) is 15.2 Å². The van der Waals surface area contributed by atoms with Crippen LogP contribution in [0.1, 0.15) is 16.2 Å². The Morgan fingerprint density at radius 3 is 2.82 bits per heavy atom. The Kier molecular flexibility index (Phi) is 3.29. The van der Waals surface area contributed by atoms with E-state index in [0.717, 1.165) is 5.69 Å². The molecule has 0 spiro atoms. The topological polar surface area (TPSA) is 79.2 Å². The SMILES string of the molecule is CN(Cc1cscn1)c1ccc(C(=O)O)nn1. The van der Waals surface area contributed by atoms with E-state index in [1.54, 1.807) is 11.6 Å². The standard InChI is InChI=1S/C10H10N4O2S/c1-14(4-7-5-17-6-11-7)9-3-2-8(10(15)16)12-13-9/h2-3,5-6H,4H2,1H3,(H,15,16). The molecule has 0 aliphatic heterocycles. The second kappa shape index (κ2) is 4.88. The van der Waals surface area contributed by atoms with E-state index >= 15 is 0 Å². The van der Waals surface area contributed by atoms with E-state index in [2.05, 4.69) is 15.2 Å². The summed E-state index contributed by atoms with van der Waals surface area (Å²) in [7, 11) is 1.85. The van der Waals surface area contributed by atoms with Gasteiger partial charge in [-0.3, -0.25) is 0 Å². The molecule has 88 valence electrons. The van der Waals surface area contributed by atoms with Crippen LogP contribution in [0.5, 0.6) is 0 Å². The summed E-state index contributed by atoms with van der Waals surface area (Å²) in [6.45, 7) is 0.616. The Bertz CT molecular complexity index is 498. The van der Waals surface area contributed by atoms with Gasteiger partial charge in [-0.15, -0.1) is 21.5 Å². The molecule has 0 atom stereocenters. The molecule has 0 aromatic carbocycles. The van der Waals surface area contributed by atoms with Crippen molar-refractivity contribution in [3.63, 3.8) is 0 Å². The van der Waals surface area contributed by atoms with Gasteiger partial charge in [0.05, 0.1) is 17.7 Å². The number of anilines is 1. The summed E-state index contributed by atoms with van der Waals surface area (Å²) < 4.78 is 0. The molecule has 2 aromatic heterocycles. The molecular formula is C10H10N4O2S. The second-order valence-electron chi connectivity index (χ2n) is 3.42. The lowest BCUT2D eigenvalue weighted by molar-refractivity contribution is 0.0689. The number of hydrogen-bond donors (Lipinski definition) is 1. The Morgan fingerprint density at radius 1 is 1.47 bits per heavy atom. The molecule has 0 amide bonds. The minimum atomic E-state index is -1.08. The van der Waals surface area contributed by atoms with Crippen molar-refractivity contribution in [2.24, 2.45) is 0 Å². The molecule has 0 unspecified atom stereocenters. The summed E-state index contributed by atoms with van der Waals surface area (Å²) in [6.07, 6.45) is 0. The highest BCUT2D eigenvalue weighted by molar-refractivity contribution is 7.07. The maximum Gasteiger partial charge on any atom is 0.356 e. The number of hydrogen-bond acceptors (Lipinski definition) is 6. The molecular weight excluding hydrogens is 240 g/mol. The van der Waals surface area contributed by atoms with Crippen LogP contribution in [0.3, 0.4) is 0 Å². The number of carbonyl (C=O) groups is 1. The minimum absolute atomic E-state index is 0.0594. The van der Waals surface area contributed by atoms with Crippen molar-refractivity contribution in [2.45, 2.75) is 6.54 Å². The van der Waals surface area contributed by atoms with Crippen LogP contribution in [0.25, 0.3) is 0 Å². The molecule has 0 saturated carbocycles. The lowest BCUT2D eigenvalue weighted by Gasteiger charge is -2.15. The maximum atomic E-state index is 10.6. The number of nitrogens with zero attached hydrogens (tertiary/aromatic N) is 4. The van der Waals surface area contributed by atoms with Crippen LogP contribution in [0.2, 0.25) is 0 Å². The third-order valence-electron chi connectivity index (χ3n) is 2.14. The van der Waals surface area contributed by atoms with Gasteiger partial charge in [0, 0.05) is 12.4 Å². The first kappa shape index (κ1) is 11.5. The predicted molar refractivity (Wildman–Crippen MR) is 63.2 cm³/mol. The molecule has 0 aliphatic rings. The van der Waals surface area contributed by atoms with Gasteiger partial charge in [0.15, 0.2) is 11.5 Å². The fourth-order valence-corrected chi connectivity index (χ4v) is 1.83. The monoisotopic (exact) mass is 250 g/mol. The third-order valence-corrected chi connectivity index (χ3v) is 2.78. The summed E-state index contributed by atoms with van der Waals surface area (Å²) in [5.41, 5.74) is 2.65. The number of thiazole rings is 1. The van der Waals surface area contributed by atoms with Crippen LogP contribution in [0.15, 0.2) is 23.0 Å².